The summed E-state index contributed by atoms with van der Waals surface area (Å²) in [6, 6.07) is -1.63. The Morgan fingerprint density at radius 1 is 1.18 bits per heavy atom. The Morgan fingerprint density at radius 2 is 1.82 bits per heavy atom. The van der Waals surface area contributed by atoms with Gasteiger partial charge in [0.05, 0.1) is 0 Å². The molecule has 3 atom stereocenters. The number of nitrogens with one attached hydrogen (secondary N) is 2. The monoisotopic (exact) mass is 396 g/mol. The van der Waals surface area contributed by atoms with Crippen LogP contribution in [0.5, 0.6) is 0 Å². The molecule has 0 aromatic rings. The molecule has 28 heavy (non-hydrogen) atoms. The summed E-state index contributed by atoms with van der Waals surface area (Å²) < 4.78 is 10.6. The van der Waals surface area contributed by atoms with Crippen molar-refractivity contribution in [3.8, 4) is 0 Å². The Balaban J connectivity index is 2.57. The molecule has 0 spiro atoms. The summed E-state index contributed by atoms with van der Waals surface area (Å²) in [5, 5.41) is 5.20. The molecule has 2 amide bonds. The molecule has 0 radical (unpaired) electrons. The lowest BCUT2D eigenvalue weighted by atomic mass is 9.90. The van der Waals surface area contributed by atoms with E-state index in [0.717, 1.165) is 24.8 Å². The second kappa shape index (κ2) is 10.5. The smallest absolute Gasteiger partial charge is 0.408 e. The van der Waals surface area contributed by atoms with Gasteiger partial charge in [-0.05, 0) is 64.4 Å². The molecule has 0 fully saturated rings. The molecule has 0 saturated heterocycles. The van der Waals surface area contributed by atoms with Crippen LogP contribution in [0.2, 0.25) is 0 Å². The highest BCUT2D eigenvalue weighted by Gasteiger charge is 2.29. The maximum absolute atomic E-state index is 12.6. The molecule has 1 aliphatic carbocycles. The first-order chi connectivity index (χ1) is 12.9. The van der Waals surface area contributed by atoms with E-state index in [0.29, 0.717) is 5.92 Å². The van der Waals surface area contributed by atoms with Crippen LogP contribution >= 0.6 is 0 Å². The molecule has 0 aliphatic heterocycles. The summed E-state index contributed by atoms with van der Waals surface area (Å²) in [5.74, 6) is -0.707. The highest BCUT2D eigenvalue weighted by atomic mass is 16.6. The van der Waals surface area contributed by atoms with E-state index in [4.69, 9.17) is 9.47 Å². The highest BCUT2D eigenvalue weighted by Crippen LogP contribution is 2.24. The standard InChI is InChI=1S/C21H36N2O5/c1-13(2)17(23-20(26)28-21(5,6)7)18(24)22-15(4)19(25)27-12-16-11-9-8-10-14(16)3/h11,13-15,17H,8-10,12H2,1-7H3,(H,22,24)(H,23,26)/t14?,15-,17-/m0/s1. The third-order valence-corrected chi connectivity index (χ3v) is 4.60. The van der Waals surface area contributed by atoms with Crippen LogP contribution in [0.3, 0.4) is 0 Å². The van der Waals surface area contributed by atoms with Gasteiger partial charge in [-0.25, -0.2) is 9.59 Å². The van der Waals surface area contributed by atoms with Crippen molar-refractivity contribution in [3.63, 3.8) is 0 Å². The largest absolute Gasteiger partial charge is 0.460 e. The lowest BCUT2D eigenvalue weighted by molar-refractivity contribution is -0.146. The molecule has 0 aromatic carbocycles. The molecule has 0 bridgehead atoms. The SMILES string of the molecule is CC1CCCC=C1COC(=O)[C@H](C)NC(=O)[C@@H](NC(=O)OC(C)(C)C)C(C)C. The predicted molar refractivity (Wildman–Crippen MR) is 108 cm³/mol. The zero-order valence-electron chi connectivity index (χ0n) is 18.3. The van der Waals surface area contributed by atoms with Gasteiger partial charge in [0.2, 0.25) is 5.91 Å². The maximum Gasteiger partial charge on any atom is 0.408 e. The minimum Gasteiger partial charge on any atom is -0.460 e. The van der Waals surface area contributed by atoms with Crippen LogP contribution in [0.4, 0.5) is 4.79 Å². The summed E-state index contributed by atoms with van der Waals surface area (Å²) in [7, 11) is 0. The van der Waals surface area contributed by atoms with Gasteiger partial charge in [0.1, 0.15) is 24.3 Å². The number of allylic oxidation sites excluding steroid dienone is 1. The molecule has 1 unspecified atom stereocenters. The van der Waals surface area contributed by atoms with Gasteiger partial charge in [0, 0.05) is 0 Å². The van der Waals surface area contributed by atoms with Crippen molar-refractivity contribution in [1.82, 2.24) is 10.6 Å². The lowest BCUT2D eigenvalue weighted by Crippen LogP contribution is -2.54. The van der Waals surface area contributed by atoms with Gasteiger partial charge in [0.15, 0.2) is 0 Å². The van der Waals surface area contributed by atoms with Crippen LogP contribution in [0, 0.1) is 11.8 Å². The van der Waals surface area contributed by atoms with E-state index >= 15 is 0 Å². The van der Waals surface area contributed by atoms with Gasteiger partial charge in [-0.1, -0.05) is 26.8 Å². The number of esters is 1. The minimum atomic E-state index is -0.814. The van der Waals surface area contributed by atoms with Crippen molar-refractivity contribution in [2.45, 2.75) is 85.4 Å². The van der Waals surface area contributed by atoms with Crippen molar-refractivity contribution < 1.29 is 23.9 Å². The molecule has 7 heteroatoms. The second-order valence-electron chi connectivity index (χ2n) is 8.82. The fourth-order valence-corrected chi connectivity index (χ4v) is 2.91. The number of ether oxygens (including phenoxy) is 2. The molecule has 2 N–H and O–H groups in total. The van der Waals surface area contributed by atoms with E-state index in [1.165, 1.54) is 0 Å². The number of alkyl carbamates (subject to hydrolysis) is 1. The molecule has 0 saturated carbocycles. The Kier molecular flexibility index (Phi) is 8.98. The molecular weight excluding hydrogens is 360 g/mol. The first-order valence-electron chi connectivity index (χ1n) is 10.1. The first kappa shape index (κ1) is 24.0. The van der Waals surface area contributed by atoms with Crippen LogP contribution in [0.1, 0.15) is 67.7 Å². The summed E-state index contributed by atoms with van der Waals surface area (Å²) in [4.78, 5) is 36.8. The average Bonchev–Trinajstić information content (AvgIpc) is 2.56. The third-order valence-electron chi connectivity index (χ3n) is 4.60. The van der Waals surface area contributed by atoms with E-state index < -0.39 is 35.7 Å². The fourth-order valence-electron chi connectivity index (χ4n) is 2.91. The fraction of sp³-hybridized carbons (Fsp3) is 0.762. The van der Waals surface area contributed by atoms with E-state index in [2.05, 4.69) is 23.6 Å². The molecular formula is C21H36N2O5. The van der Waals surface area contributed by atoms with Crippen LogP contribution in [0.15, 0.2) is 11.6 Å². The lowest BCUT2D eigenvalue weighted by Gasteiger charge is -2.26. The predicted octanol–water partition coefficient (Wildman–Crippen LogP) is 3.33. The van der Waals surface area contributed by atoms with Crippen LogP contribution in [-0.4, -0.2) is 42.3 Å². The van der Waals surface area contributed by atoms with E-state index in [1.54, 1.807) is 27.7 Å². The van der Waals surface area contributed by atoms with Crippen LogP contribution < -0.4 is 10.6 Å². The number of hydrogen-bond acceptors (Lipinski definition) is 5. The number of rotatable bonds is 7. The zero-order valence-corrected chi connectivity index (χ0v) is 18.3. The summed E-state index contributed by atoms with van der Waals surface area (Å²) >= 11 is 0. The Hall–Kier alpha value is -2.05. The zero-order chi connectivity index (χ0) is 21.5. The third kappa shape index (κ3) is 8.31. The molecule has 0 aromatic heterocycles. The van der Waals surface area contributed by atoms with E-state index in [-0.39, 0.29) is 12.5 Å². The van der Waals surface area contributed by atoms with Crippen molar-refractivity contribution in [1.29, 1.82) is 0 Å². The van der Waals surface area contributed by atoms with Crippen molar-refractivity contribution in [3.05, 3.63) is 11.6 Å². The number of carbonyl (C=O) groups is 3. The summed E-state index contributed by atoms with van der Waals surface area (Å²) in [6.45, 7) is 12.8. The second-order valence-corrected chi connectivity index (χ2v) is 8.82. The Morgan fingerprint density at radius 3 is 2.36 bits per heavy atom. The van der Waals surface area contributed by atoms with Crippen molar-refractivity contribution in [2.24, 2.45) is 11.8 Å². The van der Waals surface area contributed by atoms with Crippen molar-refractivity contribution in [2.75, 3.05) is 6.61 Å². The molecule has 1 rings (SSSR count). The average molecular weight is 397 g/mol. The number of hydrogen-bond donors (Lipinski definition) is 2. The van der Waals surface area contributed by atoms with Gasteiger partial charge in [-0.15, -0.1) is 0 Å². The van der Waals surface area contributed by atoms with E-state index in [1.807, 2.05) is 13.8 Å². The quantitative estimate of drug-likeness (QED) is 0.508. The van der Waals surface area contributed by atoms with Crippen molar-refractivity contribution >= 4 is 18.0 Å². The van der Waals surface area contributed by atoms with Gasteiger partial charge in [-0.2, -0.15) is 0 Å². The summed E-state index contributed by atoms with van der Waals surface area (Å²) in [5.41, 5.74) is 0.467. The Bertz CT molecular complexity index is 592. The Labute approximate surface area is 168 Å². The number of carbonyl (C=O) groups excluding carboxylic acids is 3. The molecule has 7 nitrogen and oxygen atoms in total. The van der Waals surface area contributed by atoms with Gasteiger partial charge >= 0.3 is 12.1 Å². The number of amides is 2. The van der Waals surface area contributed by atoms with Crippen LogP contribution in [0.25, 0.3) is 0 Å². The minimum absolute atomic E-state index is 0.177. The first-order valence-corrected chi connectivity index (χ1v) is 10.1. The van der Waals surface area contributed by atoms with Gasteiger partial charge in [-0.3, -0.25) is 4.79 Å². The van der Waals surface area contributed by atoms with E-state index in [9.17, 15) is 14.4 Å². The maximum atomic E-state index is 12.6. The van der Waals surface area contributed by atoms with Gasteiger partial charge in [0.25, 0.3) is 0 Å². The molecule has 0 heterocycles. The normalized spacial score (nSPS) is 19.3. The highest BCUT2D eigenvalue weighted by molar-refractivity contribution is 5.89. The van der Waals surface area contributed by atoms with Crippen LogP contribution in [-0.2, 0) is 19.1 Å². The van der Waals surface area contributed by atoms with Gasteiger partial charge < -0.3 is 20.1 Å². The summed E-state index contributed by atoms with van der Waals surface area (Å²) in [6.07, 6.45) is 4.73. The molecule has 160 valence electrons. The topological polar surface area (TPSA) is 93.7 Å². The molecule has 1 aliphatic rings.